The standard InChI is InChI=1S/C10H10N2O3.C2H6.H2/c1-2-14-8-6-4-3-5-7(8)9-11-10(13)15-12-9;1-2;/h3-6H,2H2,1H3,(H,11,12,13);1-2H3;1H. The molecule has 1 aromatic carbocycles. The number of nitrogens with zero attached hydrogens (tertiary/aromatic N) is 1. The fourth-order valence-corrected chi connectivity index (χ4v) is 1.29. The van der Waals surface area contributed by atoms with Gasteiger partial charge in [-0.15, -0.1) is 0 Å². The molecule has 0 atom stereocenters. The smallest absolute Gasteiger partial charge is 0.439 e. The number of aromatic amines is 1. The fourth-order valence-electron chi connectivity index (χ4n) is 1.29. The number of ether oxygens (including phenoxy) is 1. The number of nitrogens with one attached hydrogen (secondary N) is 1. The van der Waals surface area contributed by atoms with E-state index in [1.807, 2.05) is 39.0 Å². The highest BCUT2D eigenvalue weighted by molar-refractivity contribution is 5.63. The predicted molar refractivity (Wildman–Crippen MR) is 67.2 cm³/mol. The van der Waals surface area contributed by atoms with Crippen LogP contribution in [0.5, 0.6) is 5.75 Å². The maximum absolute atomic E-state index is 10.8. The summed E-state index contributed by atoms with van der Waals surface area (Å²) in [7, 11) is 0. The Morgan fingerprint density at radius 3 is 2.71 bits per heavy atom. The SMILES string of the molecule is CC.CCOc1ccccc1-c1noc(=O)[nH]1.[HH]. The number of benzene rings is 1. The van der Waals surface area contributed by atoms with Crippen molar-refractivity contribution in [2.75, 3.05) is 6.61 Å². The van der Waals surface area contributed by atoms with Crippen LogP contribution in [0.25, 0.3) is 11.4 Å². The maximum atomic E-state index is 10.8. The molecule has 0 amide bonds. The van der Waals surface area contributed by atoms with Crippen molar-refractivity contribution in [3.05, 3.63) is 34.8 Å². The Balaban J connectivity index is 0.000000917. The molecule has 0 radical (unpaired) electrons. The molecule has 94 valence electrons. The Morgan fingerprint density at radius 1 is 1.41 bits per heavy atom. The summed E-state index contributed by atoms with van der Waals surface area (Å²) in [6.07, 6.45) is 0. The molecule has 0 aliphatic heterocycles. The van der Waals surface area contributed by atoms with Crippen LogP contribution in [0.1, 0.15) is 22.2 Å². The number of aromatic nitrogens is 2. The quantitative estimate of drug-likeness (QED) is 0.892. The molecule has 5 nitrogen and oxygen atoms in total. The molecule has 17 heavy (non-hydrogen) atoms. The van der Waals surface area contributed by atoms with E-state index in [0.717, 1.165) is 0 Å². The number of rotatable bonds is 3. The third-order valence-electron chi connectivity index (χ3n) is 1.88. The molecule has 0 fully saturated rings. The van der Waals surface area contributed by atoms with Crippen LogP contribution in [0, 0.1) is 0 Å². The molecule has 0 saturated carbocycles. The molecule has 0 aliphatic rings. The lowest BCUT2D eigenvalue weighted by Gasteiger charge is -2.06. The largest absolute Gasteiger partial charge is 0.493 e. The van der Waals surface area contributed by atoms with E-state index >= 15 is 0 Å². The minimum absolute atomic E-state index is 0. The van der Waals surface area contributed by atoms with Crippen LogP contribution in [-0.4, -0.2) is 16.7 Å². The number of H-pyrrole nitrogens is 1. The van der Waals surface area contributed by atoms with Crippen LogP contribution < -0.4 is 10.5 Å². The summed E-state index contributed by atoms with van der Waals surface area (Å²) in [5, 5.41) is 3.61. The van der Waals surface area contributed by atoms with E-state index in [9.17, 15) is 4.79 Å². The first kappa shape index (κ1) is 13.0. The van der Waals surface area contributed by atoms with Crippen molar-refractivity contribution < 1.29 is 10.7 Å². The molecule has 0 saturated heterocycles. The third kappa shape index (κ3) is 3.21. The normalized spacial score (nSPS) is 9.35. The van der Waals surface area contributed by atoms with Crippen LogP contribution in [0.15, 0.2) is 33.6 Å². The van der Waals surface area contributed by atoms with Gasteiger partial charge in [-0.05, 0) is 19.1 Å². The van der Waals surface area contributed by atoms with Gasteiger partial charge in [0.2, 0.25) is 0 Å². The molecule has 0 aliphatic carbocycles. The summed E-state index contributed by atoms with van der Waals surface area (Å²) in [5.74, 6) is 0.477. The van der Waals surface area contributed by atoms with E-state index < -0.39 is 5.76 Å². The highest BCUT2D eigenvalue weighted by Crippen LogP contribution is 2.26. The Bertz CT molecular complexity index is 508. The molecule has 2 rings (SSSR count). The monoisotopic (exact) mass is 238 g/mol. The van der Waals surface area contributed by atoms with Gasteiger partial charge in [0.15, 0.2) is 5.82 Å². The molecule has 0 unspecified atom stereocenters. The number of hydrogen-bond acceptors (Lipinski definition) is 4. The van der Waals surface area contributed by atoms with Gasteiger partial charge in [0, 0.05) is 1.43 Å². The van der Waals surface area contributed by atoms with Gasteiger partial charge in [0.05, 0.1) is 12.2 Å². The molecule has 0 spiro atoms. The lowest BCUT2D eigenvalue weighted by Crippen LogP contribution is -1.97. The average Bonchev–Trinajstić information content (AvgIpc) is 2.79. The van der Waals surface area contributed by atoms with Gasteiger partial charge >= 0.3 is 5.76 Å². The van der Waals surface area contributed by atoms with Crippen molar-refractivity contribution in [1.29, 1.82) is 0 Å². The minimum atomic E-state index is -0.573. The molecular weight excluding hydrogens is 220 g/mol. The highest BCUT2D eigenvalue weighted by atomic mass is 16.5. The van der Waals surface area contributed by atoms with Crippen molar-refractivity contribution in [3.8, 4) is 17.1 Å². The van der Waals surface area contributed by atoms with E-state index in [1.165, 1.54) is 0 Å². The fraction of sp³-hybridized carbons (Fsp3) is 0.333. The third-order valence-corrected chi connectivity index (χ3v) is 1.88. The van der Waals surface area contributed by atoms with Gasteiger partial charge in [0.1, 0.15) is 5.75 Å². The van der Waals surface area contributed by atoms with Crippen LogP contribution in [0.2, 0.25) is 0 Å². The Labute approximate surface area is 101 Å². The summed E-state index contributed by atoms with van der Waals surface area (Å²) >= 11 is 0. The van der Waals surface area contributed by atoms with Crippen molar-refractivity contribution in [2.45, 2.75) is 20.8 Å². The summed E-state index contributed by atoms with van der Waals surface area (Å²) in [6, 6.07) is 7.31. The molecule has 0 bridgehead atoms. The van der Waals surface area contributed by atoms with Crippen LogP contribution in [-0.2, 0) is 0 Å². The van der Waals surface area contributed by atoms with Gasteiger partial charge in [-0.1, -0.05) is 31.1 Å². The lowest BCUT2D eigenvalue weighted by atomic mass is 10.2. The summed E-state index contributed by atoms with van der Waals surface area (Å²) in [4.78, 5) is 13.3. The summed E-state index contributed by atoms with van der Waals surface area (Å²) < 4.78 is 9.83. The Hall–Kier alpha value is -2.04. The first-order chi connectivity index (χ1) is 8.31. The molecule has 1 N–H and O–H groups in total. The van der Waals surface area contributed by atoms with E-state index in [-0.39, 0.29) is 1.43 Å². The number of para-hydroxylation sites is 1. The Kier molecular flexibility index (Phi) is 5.00. The number of hydrogen-bond donors (Lipinski definition) is 1. The van der Waals surface area contributed by atoms with Crippen LogP contribution in [0.4, 0.5) is 0 Å². The summed E-state index contributed by atoms with van der Waals surface area (Å²) in [6.45, 7) is 6.45. The molecule has 1 heterocycles. The van der Waals surface area contributed by atoms with Crippen molar-refractivity contribution in [2.24, 2.45) is 0 Å². The summed E-state index contributed by atoms with van der Waals surface area (Å²) in [5.41, 5.74) is 0.713. The lowest BCUT2D eigenvalue weighted by molar-refractivity contribution is 0.341. The second kappa shape index (κ2) is 6.52. The zero-order valence-electron chi connectivity index (χ0n) is 10.2. The van der Waals surface area contributed by atoms with Gasteiger partial charge < -0.3 is 4.74 Å². The van der Waals surface area contributed by atoms with Gasteiger partial charge in [-0.25, -0.2) is 4.79 Å². The molecular formula is C12H18N2O3. The second-order valence-electron chi connectivity index (χ2n) is 2.87. The predicted octanol–water partition coefficient (Wildman–Crippen LogP) is 2.70. The van der Waals surface area contributed by atoms with Gasteiger partial charge in [-0.2, -0.15) is 0 Å². The minimum Gasteiger partial charge on any atom is -0.493 e. The maximum Gasteiger partial charge on any atom is 0.439 e. The zero-order chi connectivity index (χ0) is 12.7. The van der Waals surface area contributed by atoms with E-state index in [1.54, 1.807) is 6.07 Å². The Morgan fingerprint density at radius 2 is 2.12 bits per heavy atom. The second-order valence-corrected chi connectivity index (χ2v) is 2.87. The van der Waals surface area contributed by atoms with E-state index in [2.05, 4.69) is 14.7 Å². The topological polar surface area (TPSA) is 68.1 Å². The van der Waals surface area contributed by atoms with Crippen LogP contribution >= 0.6 is 0 Å². The highest BCUT2D eigenvalue weighted by Gasteiger charge is 2.09. The average molecular weight is 238 g/mol. The van der Waals surface area contributed by atoms with Crippen LogP contribution in [0.3, 0.4) is 0 Å². The van der Waals surface area contributed by atoms with Crippen molar-refractivity contribution in [3.63, 3.8) is 0 Å². The molecule has 2 aromatic rings. The van der Waals surface area contributed by atoms with Crippen molar-refractivity contribution in [1.82, 2.24) is 10.1 Å². The molecule has 1 aromatic heterocycles. The first-order valence-electron chi connectivity index (χ1n) is 5.59. The van der Waals surface area contributed by atoms with Crippen molar-refractivity contribution >= 4 is 0 Å². The zero-order valence-corrected chi connectivity index (χ0v) is 10.2. The van der Waals surface area contributed by atoms with E-state index in [0.29, 0.717) is 23.7 Å². The van der Waals surface area contributed by atoms with Gasteiger partial charge in [0.25, 0.3) is 0 Å². The molecule has 5 heteroatoms. The first-order valence-corrected chi connectivity index (χ1v) is 5.59. The van der Waals surface area contributed by atoms with E-state index in [4.69, 9.17) is 4.74 Å². The van der Waals surface area contributed by atoms with Gasteiger partial charge in [-0.3, -0.25) is 9.51 Å².